The van der Waals surface area contributed by atoms with Crippen LogP contribution < -0.4 is 0 Å². The smallest absolute Gasteiger partial charge is 0.389 e. The first-order valence-corrected chi connectivity index (χ1v) is 3.81. The van der Waals surface area contributed by atoms with Gasteiger partial charge in [-0.25, -0.2) is 4.39 Å². The fourth-order valence-electron chi connectivity index (χ4n) is 1.45. The van der Waals surface area contributed by atoms with Crippen LogP contribution in [0.3, 0.4) is 0 Å². The minimum Gasteiger partial charge on any atom is -0.389 e. The highest BCUT2D eigenvalue weighted by Crippen LogP contribution is 2.44. The van der Waals surface area contributed by atoms with Gasteiger partial charge in [-0.15, -0.1) is 0 Å². The first-order chi connectivity index (χ1) is 5.38. The zero-order valence-corrected chi connectivity index (χ0v) is 6.36. The van der Waals surface area contributed by atoms with Crippen LogP contribution in [0.25, 0.3) is 0 Å². The maximum atomic E-state index is 13.1. The van der Waals surface area contributed by atoms with Crippen molar-refractivity contribution in [3.05, 3.63) is 0 Å². The molecule has 0 saturated heterocycles. The molecule has 0 radical (unpaired) electrons. The van der Waals surface area contributed by atoms with Gasteiger partial charge in [0.25, 0.3) is 0 Å². The van der Waals surface area contributed by atoms with Crippen molar-refractivity contribution in [3.63, 3.8) is 0 Å². The van der Waals surface area contributed by atoms with Crippen molar-refractivity contribution in [2.75, 3.05) is 0 Å². The van der Waals surface area contributed by atoms with Gasteiger partial charge in [-0.2, -0.15) is 13.2 Å². The molecule has 0 amide bonds. The molecular formula is C7H10F4O. The fourth-order valence-corrected chi connectivity index (χ4v) is 1.45. The summed E-state index contributed by atoms with van der Waals surface area (Å²) in [5, 5.41) is 8.87. The van der Waals surface area contributed by atoms with Crippen molar-refractivity contribution in [1.29, 1.82) is 0 Å². The van der Waals surface area contributed by atoms with Gasteiger partial charge in [0.05, 0.1) is 6.10 Å². The molecule has 5 heteroatoms. The Bertz CT molecular complexity index is 167. The molecule has 0 spiro atoms. The molecule has 0 aromatic rings. The second-order valence-corrected chi connectivity index (χ2v) is 3.12. The zero-order chi connectivity index (χ0) is 9.41. The standard InChI is InChI=1S/C7H10F4O/c8-6(7(9,10)11)4-2-1-3-5(6)12/h5,12H,1-4H2. The van der Waals surface area contributed by atoms with Crippen LogP contribution in [0, 0.1) is 0 Å². The summed E-state index contributed by atoms with van der Waals surface area (Å²) < 4.78 is 49.2. The molecule has 1 rings (SSSR count). The van der Waals surface area contributed by atoms with Crippen LogP contribution in [0.1, 0.15) is 25.7 Å². The van der Waals surface area contributed by atoms with E-state index in [1.54, 1.807) is 0 Å². The van der Waals surface area contributed by atoms with E-state index in [0.29, 0.717) is 6.42 Å². The Labute approximate surface area is 67.4 Å². The topological polar surface area (TPSA) is 20.2 Å². The molecule has 0 aromatic heterocycles. The van der Waals surface area contributed by atoms with Gasteiger partial charge in [0.1, 0.15) is 0 Å². The van der Waals surface area contributed by atoms with E-state index in [-0.39, 0.29) is 12.8 Å². The molecule has 72 valence electrons. The van der Waals surface area contributed by atoms with E-state index in [9.17, 15) is 17.6 Å². The van der Waals surface area contributed by atoms with Crippen LogP contribution in [0.4, 0.5) is 17.6 Å². The van der Waals surface area contributed by atoms with Crippen molar-refractivity contribution in [3.8, 4) is 0 Å². The quantitative estimate of drug-likeness (QED) is 0.575. The molecule has 0 bridgehead atoms. The molecule has 1 aliphatic carbocycles. The summed E-state index contributed by atoms with van der Waals surface area (Å²) in [5.41, 5.74) is -3.37. The molecule has 1 nitrogen and oxygen atoms in total. The Balaban J connectivity index is 2.79. The van der Waals surface area contributed by atoms with Crippen LogP contribution in [0.2, 0.25) is 0 Å². The van der Waals surface area contributed by atoms with Gasteiger partial charge in [0.15, 0.2) is 0 Å². The lowest BCUT2D eigenvalue weighted by Crippen LogP contribution is -2.52. The fraction of sp³-hybridized carbons (Fsp3) is 1.00. The highest BCUT2D eigenvalue weighted by molar-refractivity contribution is 4.96. The highest BCUT2D eigenvalue weighted by atomic mass is 19.4. The van der Waals surface area contributed by atoms with Gasteiger partial charge >= 0.3 is 6.18 Å². The molecule has 12 heavy (non-hydrogen) atoms. The Kier molecular flexibility index (Phi) is 2.33. The Morgan fingerprint density at radius 2 is 1.83 bits per heavy atom. The van der Waals surface area contributed by atoms with Gasteiger partial charge in [-0.1, -0.05) is 6.42 Å². The third kappa shape index (κ3) is 1.42. The van der Waals surface area contributed by atoms with Gasteiger partial charge in [0, 0.05) is 0 Å². The molecule has 0 aliphatic heterocycles. The maximum absolute atomic E-state index is 13.1. The maximum Gasteiger partial charge on any atom is 0.425 e. The third-order valence-electron chi connectivity index (χ3n) is 2.27. The van der Waals surface area contributed by atoms with Gasteiger partial charge in [0.2, 0.25) is 5.67 Å². The van der Waals surface area contributed by atoms with Crippen molar-refractivity contribution in [2.24, 2.45) is 0 Å². The number of halogens is 4. The minimum atomic E-state index is -4.94. The van der Waals surface area contributed by atoms with E-state index in [0.717, 1.165) is 0 Å². The predicted octanol–water partition coefficient (Wildman–Crippen LogP) is 2.19. The Morgan fingerprint density at radius 1 is 1.25 bits per heavy atom. The lowest BCUT2D eigenvalue weighted by atomic mass is 9.83. The number of hydrogen-bond donors (Lipinski definition) is 1. The normalized spacial score (nSPS) is 38.2. The second kappa shape index (κ2) is 2.87. The summed E-state index contributed by atoms with van der Waals surface area (Å²) in [5.74, 6) is 0. The summed E-state index contributed by atoms with van der Waals surface area (Å²) in [6, 6.07) is 0. The van der Waals surface area contributed by atoms with Crippen LogP contribution in [-0.2, 0) is 0 Å². The van der Waals surface area contributed by atoms with Crippen molar-refractivity contribution < 1.29 is 22.7 Å². The van der Waals surface area contributed by atoms with E-state index < -0.39 is 24.4 Å². The monoisotopic (exact) mass is 186 g/mol. The largest absolute Gasteiger partial charge is 0.425 e. The first-order valence-electron chi connectivity index (χ1n) is 3.81. The predicted molar refractivity (Wildman–Crippen MR) is 34.4 cm³/mol. The lowest BCUT2D eigenvalue weighted by molar-refractivity contribution is -0.268. The Hall–Kier alpha value is -0.320. The number of alkyl halides is 4. The SMILES string of the molecule is OC1CCCCC1(F)C(F)(F)F. The summed E-state index contributed by atoms with van der Waals surface area (Å²) in [4.78, 5) is 0. The van der Waals surface area contributed by atoms with Gasteiger partial charge in [-0.05, 0) is 19.3 Å². The third-order valence-corrected chi connectivity index (χ3v) is 2.27. The molecule has 0 heterocycles. The van der Waals surface area contributed by atoms with E-state index >= 15 is 0 Å². The van der Waals surface area contributed by atoms with Gasteiger partial charge < -0.3 is 5.11 Å². The van der Waals surface area contributed by atoms with Crippen LogP contribution in [0.5, 0.6) is 0 Å². The first kappa shape index (κ1) is 9.77. The van der Waals surface area contributed by atoms with E-state index in [1.807, 2.05) is 0 Å². The van der Waals surface area contributed by atoms with Crippen molar-refractivity contribution >= 4 is 0 Å². The summed E-state index contributed by atoms with van der Waals surface area (Å²) in [7, 11) is 0. The zero-order valence-electron chi connectivity index (χ0n) is 6.36. The summed E-state index contributed by atoms with van der Waals surface area (Å²) in [6.45, 7) is 0. The summed E-state index contributed by atoms with van der Waals surface area (Å²) in [6.07, 6.45) is -6.89. The van der Waals surface area contributed by atoms with Crippen LogP contribution in [0.15, 0.2) is 0 Å². The number of hydrogen-bond acceptors (Lipinski definition) is 1. The second-order valence-electron chi connectivity index (χ2n) is 3.12. The molecule has 1 aliphatic rings. The molecule has 1 fully saturated rings. The molecule has 1 saturated carbocycles. The Morgan fingerprint density at radius 3 is 2.17 bits per heavy atom. The average molecular weight is 186 g/mol. The van der Waals surface area contributed by atoms with Crippen LogP contribution >= 0.6 is 0 Å². The number of aliphatic hydroxyl groups excluding tert-OH is 1. The lowest BCUT2D eigenvalue weighted by Gasteiger charge is -2.35. The van der Waals surface area contributed by atoms with E-state index in [1.165, 1.54) is 0 Å². The molecular weight excluding hydrogens is 176 g/mol. The molecule has 2 unspecified atom stereocenters. The van der Waals surface area contributed by atoms with Crippen molar-refractivity contribution in [2.45, 2.75) is 43.6 Å². The number of aliphatic hydroxyl groups is 1. The molecule has 1 N–H and O–H groups in total. The minimum absolute atomic E-state index is 0.101. The average Bonchev–Trinajstić information content (AvgIpc) is 1.93. The van der Waals surface area contributed by atoms with Crippen molar-refractivity contribution in [1.82, 2.24) is 0 Å². The van der Waals surface area contributed by atoms with Crippen LogP contribution in [-0.4, -0.2) is 23.1 Å². The van der Waals surface area contributed by atoms with Gasteiger partial charge in [-0.3, -0.25) is 0 Å². The molecule has 2 atom stereocenters. The van der Waals surface area contributed by atoms with E-state index in [4.69, 9.17) is 5.11 Å². The molecule has 0 aromatic carbocycles. The highest BCUT2D eigenvalue weighted by Gasteiger charge is 2.60. The summed E-state index contributed by atoms with van der Waals surface area (Å²) >= 11 is 0. The van der Waals surface area contributed by atoms with E-state index in [2.05, 4.69) is 0 Å². The number of rotatable bonds is 0.